The summed E-state index contributed by atoms with van der Waals surface area (Å²) >= 11 is 0. The number of benzene rings is 6. The molecule has 0 heteroatoms. The van der Waals surface area contributed by atoms with Crippen LogP contribution in [0.4, 0.5) is 0 Å². The second-order valence-corrected chi connectivity index (χ2v) is 12.6. The Kier molecular flexibility index (Phi) is 5.96. The van der Waals surface area contributed by atoms with E-state index in [4.69, 9.17) is 0 Å². The first-order valence-electron chi connectivity index (χ1n) is 15.5. The third-order valence-corrected chi connectivity index (χ3v) is 9.91. The molecule has 0 aromatic heterocycles. The van der Waals surface area contributed by atoms with Crippen LogP contribution in [0, 0.1) is 0 Å². The maximum Gasteiger partial charge on any atom is 0.0719 e. The van der Waals surface area contributed by atoms with Gasteiger partial charge in [-0.1, -0.05) is 166 Å². The summed E-state index contributed by atoms with van der Waals surface area (Å²) in [6.07, 6.45) is 8.46. The number of allylic oxidation sites excluding steroid dienone is 4. The van der Waals surface area contributed by atoms with Crippen LogP contribution in [0.25, 0.3) is 33.5 Å². The third kappa shape index (κ3) is 3.71. The Bertz CT molecular complexity index is 2120. The van der Waals surface area contributed by atoms with Crippen LogP contribution in [-0.2, 0) is 10.8 Å². The van der Waals surface area contributed by atoms with Gasteiger partial charge < -0.3 is 0 Å². The minimum absolute atomic E-state index is 0.0993. The molecule has 1 spiro atoms. The Morgan fingerprint density at radius 1 is 0.545 bits per heavy atom. The van der Waals surface area contributed by atoms with E-state index in [2.05, 4.69) is 172 Å². The summed E-state index contributed by atoms with van der Waals surface area (Å²) in [6, 6.07) is 49.5. The molecular weight excluding hydrogens is 528 g/mol. The summed E-state index contributed by atoms with van der Waals surface area (Å²) < 4.78 is 0. The zero-order chi connectivity index (χ0) is 29.9. The summed E-state index contributed by atoms with van der Waals surface area (Å²) in [6.45, 7) is 8.76. The number of rotatable bonds is 4. The maximum atomic E-state index is 4.01. The number of hydrogen-bond acceptors (Lipinski definition) is 0. The van der Waals surface area contributed by atoms with E-state index in [1.165, 1.54) is 66.4 Å². The molecule has 6 aromatic rings. The van der Waals surface area contributed by atoms with E-state index in [9.17, 15) is 0 Å². The predicted octanol–water partition coefficient (Wildman–Crippen LogP) is 11.1. The number of fused-ring (bicyclic) bond motifs is 10. The summed E-state index contributed by atoms with van der Waals surface area (Å²) in [4.78, 5) is 0. The Morgan fingerprint density at radius 3 is 1.84 bits per heavy atom. The van der Waals surface area contributed by atoms with Crippen molar-refractivity contribution >= 4 is 22.4 Å². The molecule has 0 bridgehead atoms. The molecule has 0 saturated carbocycles. The van der Waals surface area contributed by atoms with E-state index < -0.39 is 0 Å². The molecule has 0 N–H and O–H groups in total. The van der Waals surface area contributed by atoms with Gasteiger partial charge in [-0.2, -0.15) is 0 Å². The van der Waals surface area contributed by atoms with Crippen LogP contribution >= 0.6 is 0 Å². The maximum absolute atomic E-state index is 4.01. The molecule has 2 aliphatic carbocycles. The van der Waals surface area contributed by atoms with Gasteiger partial charge in [0.25, 0.3) is 0 Å². The van der Waals surface area contributed by atoms with Gasteiger partial charge in [0, 0.05) is 5.41 Å². The van der Waals surface area contributed by atoms with E-state index in [1.54, 1.807) is 0 Å². The molecule has 0 amide bonds. The molecule has 0 heterocycles. The van der Waals surface area contributed by atoms with Crippen LogP contribution in [0.2, 0.25) is 0 Å². The van der Waals surface area contributed by atoms with Gasteiger partial charge in [-0.25, -0.2) is 0 Å². The van der Waals surface area contributed by atoms with Crippen molar-refractivity contribution in [2.45, 2.75) is 24.7 Å². The van der Waals surface area contributed by atoms with Crippen molar-refractivity contribution in [2.75, 3.05) is 0 Å². The quantitative estimate of drug-likeness (QED) is 0.187. The van der Waals surface area contributed by atoms with Gasteiger partial charge >= 0.3 is 0 Å². The SMILES string of the molecule is C=C/C=C(\C=C/c1ccc2c(c1)C1(c3ccccc3-2)c2ccccc2C(C)(C)c2ccccc21)c1ccc2ccccc2c1. The van der Waals surface area contributed by atoms with Gasteiger partial charge in [0.1, 0.15) is 0 Å². The van der Waals surface area contributed by atoms with Gasteiger partial charge in [0.2, 0.25) is 0 Å². The average Bonchev–Trinajstić information content (AvgIpc) is 3.36. The first-order valence-corrected chi connectivity index (χ1v) is 15.5. The fraction of sp³-hybridized carbons (Fsp3) is 0.0909. The molecule has 0 fully saturated rings. The molecule has 0 aliphatic heterocycles. The van der Waals surface area contributed by atoms with Crippen LogP contribution in [0.5, 0.6) is 0 Å². The lowest BCUT2D eigenvalue weighted by Gasteiger charge is -2.46. The molecule has 2 aliphatic rings. The second kappa shape index (κ2) is 9.93. The zero-order valence-corrected chi connectivity index (χ0v) is 25.2. The fourth-order valence-corrected chi connectivity index (χ4v) is 7.91. The summed E-state index contributed by atoms with van der Waals surface area (Å²) in [5.41, 5.74) is 14.0. The highest BCUT2D eigenvalue weighted by molar-refractivity contribution is 5.91. The minimum atomic E-state index is -0.378. The van der Waals surface area contributed by atoms with E-state index in [0.717, 1.165) is 5.57 Å². The van der Waals surface area contributed by atoms with Crippen LogP contribution in [-0.4, -0.2) is 0 Å². The average molecular weight is 563 g/mol. The molecule has 0 unspecified atom stereocenters. The molecule has 0 atom stereocenters. The molecule has 210 valence electrons. The zero-order valence-electron chi connectivity index (χ0n) is 25.2. The van der Waals surface area contributed by atoms with Crippen LogP contribution in [0.1, 0.15) is 58.4 Å². The van der Waals surface area contributed by atoms with E-state index in [1.807, 2.05) is 6.08 Å². The van der Waals surface area contributed by atoms with Crippen LogP contribution in [0.3, 0.4) is 0 Å². The first kappa shape index (κ1) is 26.4. The molecule has 0 nitrogen and oxygen atoms in total. The summed E-state index contributed by atoms with van der Waals surface area (Å²) in [5, 5.41) is 2.49. The molecule has 6 aromatic carbocycles. The standard InChI is InChI=1S/C44H34/c1-4-13-31(34-26-25-32-14-5-6-15-33(32)29-34)24-22-30-23-27-36-35-16-7-8-17-37(35)44(42(36)28-30)40-20-11-9-18-38(40)43(2,3)39-19-10-12-21-41(39)44/h4-29H,1H2,2-3H3/b24-22-,31-13+. The third-order valence-electron chi connectivity index (χ3n) is 9.91. The van der Waals surface area contributed by atoms with Gasteiger partial charge in [-0.15, -0.1) is 0 Å². The van der Waals surface area contributed by atoms with Crippen LogP contribution < -0.4 is 0 Å². The summed E-state index contributed by atoms with van der Waals surface area (Å²) in [5.74, 6) is 0. The lowest BCUT2D eigenvalue weighted by atomic mass is 9.55. The van der Waals surface area contributed by atoms with Crippen molar-refractivity contribution in [1.29, 1.82) is 0 Å². The highest BCUT2D eigenvalue weighted by Gasteiger charge is 2.53. The van der Waals surface area contributed by atoms with E-state index in [0.29, 0.717) is 0 Å². The first-order chi connectivity index (χ1) is 21.5. The monoisotopic (exact) mass is 562 g/mol. The molecule has 8 rings (SSSR count). The molecule has 0 radical (unpaired) electrons. The van der Waals surface area contributed by atoms with Crippen molar-refractivity contribution in [2.24, 2.45) is 0 Å². The van der Waals surface area contributed by atoms with Gasteiger partial charge in [-0.05, 0) is 84.1 Å². The van der Waals surface area contributed by atoms with E-state index >= 15 is 0 Å². The molecular formula is C44H34. The normalized spacial score (nSPS) is 15.5. The van der Waals surface area contributed by atoms with Crippen molar-refractivity contribution in [3.63, 3.8) is 0 Å². The predicted molar refractivity (Wildman–Crippen MR) is 187 cm³/mol. The lowest BCUT2D eigenvalue weighted by molar-refractivity contribution is 0.563. The Balaban J connectivity index is 1.33. The van der Waals surface area contributed by atoms with Crippen molar-refractivity contribution < 1.29 is 0 Å². The summed E-state index contributed by atoms with van der Waals surface area (Å²) in [7, 11) is 0. The molecule has 44 heavy (non-hydrogen) atoms. The van der Waals surface area contributed by atoms with E-state index in [-0.39, 0.29) is 10.8 Å². The topological polar surface area (TPSA) is 0 Å². The van der Waals surface area contributed by atoms with Crippen molar-refractivity contribution in [3.05, 3.63) is 203 Å². The van der Waals surface area contributed by atoms with Crippen molar-refractivity contribution in [3.8, 4) is 11.1 Å². The van der Waals surface area contributed by atoms with Gasteiger partial charge in [0.05, 0.1) is 5.41 Å². The Hall–Kier alpha value is -5.20. The molecule has 0 saturated heterocycles. The van der Waals surface area contributed by atoms with Gasteiger partial charge in [-0.3, -0.25) is 0 Å². The number of hydrogen-bond donors (Lipinski definition) is 0. The lowest BCUT2D eigenvalue weighted by Crippen LogP contribution is -2.40. The minimum Gasteiger partial charge on any atom is -0.0990 e. The smallest absolute Gasteiger partial charge is 0.0719 e. The van der Waals surface area contributed by atoms with Gasteiger partial charge in [0.15, 0.2) is 0 Å². The Labute approximate surface area is 260 Å². The largest absolute Gasteiger partial charge is 0.0990 e. The van der Waals surface area contributed by atoms with Crippen LogP contribution in [0.15, 0.2) is 158 Å². The highest BCUT2D eigenvalue weighted by atomic mass is 14.5. The Morgan fingerprint density at radius 2 is 1.14 bits per heavy atom. The fourth-order valence-electron chi connectivity index (χ4n) is 7.91. The second-order valence-electron chi connectivity index (χ2n) is 12.6. The van der Waals surface area contributed by atoms with Crippen molar-refractivity contribution in [1.82, 2.24) is 0 Å². The highest BCUT2D eigenvalue weighted by Crippen LogP contribution is 2.62.